The predicted molar refractivity (Wildman–Crippen MR) is 72.1 cm³/mol. The minimum absolute atomic E-state index is 0.571. The molecule has 1 unspecified atom stereocenters. The number of nitrogens with two attached hydrogens (primary N) is 1. The Kier molecular flexibility index (Phi) is 5.45. The molecule has 1 aromatic rings. The standard InChI is InChI=1S/C14H24N2O/c1-5-11(2)16(3)10-13-8-12(9-15)6-7-14(13)17-4/h6-8,11H,5,9-10,15H2,1-4H3. The quantitative estimate of drug-likeness (QED) is 0.824. The van der Waals surface area contributed by atoms with E-state index in [1.807, 2.05) is 12.1 Å². The van der Waals surface area contributed by atoms with E-state index in [0.29, 0.717) is 12.6 Å². The molecule has 0 spiro atoms. The van der Waals surface area contributed by atoms with Crippen LogP contribution in [0.4, 0.5) is 0 Å². The molecule has 0 saturated heterocycles. The highest BCUT2D eigenvalue weighted by atomic mass is 16.5. The second kappa shape index (κ2) is 6.62. The van der Waals surface area contributed by atoms with Crippen LogP contribution >= 0.6 is 0 Å². The van der Waals surface area contributed by atoms with Gasteiger partial charge in [-0.2, -0.15) is 0 Å². The van der Waals surface area contributed by atoms with E-state index in [1.54, 1.807) is 7.11 Å². The van der Waals surface area contributed by atoms with Gasteiger partial charge in [0.25, 0.3) is 0 Å². The third-order valence-corrected chi connectivity index (χ3v) is 3.34. The number of nitrogens with zero attached hydrogens (tertiary/aromatic N) is 1. The topological polar surface area (TPSA) is 38.5 Å². The summed E-state index contributed by atoms with van der Waals surface area (Å²) in [4.78, 5) is 2.33. The first kappa shape index (κ1) is 14.0. The van der Waals surface area contributed by atoms with Gasteiger partial charge in [0.2, 0.25) is 0 Å². The minimum atomic E-state index is 0.571. The highest BCUT2D eigenvalue weighted by molar-refractivity contribution is 5.37. The lowest BCUT2D eigenvalue weighted by Gasteiger charge is -2.24. The highest BCUT2D eigenvalue weighted by Crippen LogP contribution is 2.22. The van der Waals surface area contributed by atoms with Crippen LogP contribution in [-0.4, -0.2) is 25.1 Å². The molecule has 0 amide bonds. The monoisotopic (exact) mass is 236 g/mol. The summed E-state index contributed by atoms with van der Waals surface area (Å²) in [7, 11) is 3.85. The molecule has 0 bridgehead atoms. The van der Waals surface area contributed by atoms with Crippen LogP contribution < -0.4 is 10.5 Å². The Balaban J connectivity index is 2.87. The van der Waals surface area contributed by atoms with Gasteiger partial charge in [-0.25, -0.2) is 0 Å². The summed E-state index contributed by atoms with van der Waals surface area (Å²) in [5.74, 6) is 0.942. The van der Waals surface area contributed by atoms with E-state index < -0.39 is 0 Å². The predicted octanol–water partition coefficient (Wildman–Crippen LogP) is 2.38. The van der Waals surface area contributed by atoms with Gasteiger partial charge >= 0.3 is 0 Å². The normalized spacial score (nSPS) is 12.8. The van der Waals surface area contributed by atoms with E-state index in [4.69, 9.17) is 10.5 Å². The van der Waals surface area contributed by atoms with Crippen LogP contribution in [-0.2, 0) is 13.1 Å². The minimum Gasteiger partial charge on any atom is -0.496 e. The van der Waals surface area contributed by atoms with Crippen molar-refractivity contribution in [2.24, 2.45) is 5.73 Å². The van der Waals surface area contributed by atoms with Crippen LogP contribution in [0.1, 0.15) is 31.4 Å². The maximum Gasteiger partial charge on any atom is 0.123 e. The fraction of sp³-hybridized carbons (Fsp3) is 0.571. The van der Waals surface area contributed by atoms with Crippen molar-refractivity contribution in [3.63, 3.8) is 0 Å². The van der Waals surface area contributed by atoms with Gasteiger partial charge < -0.3 is 10.5 Å². The number of benzene rings is 1. The van der Waals surface area contributed by atoms with Crippen LogP contribution in [0.3, 0.4) is 0 Å². The van der Waals surface area contributed by atoms with Crippen molar-refractivity contribution in [3.05, 3.63) is 29.3 Å². The Morgan fingerprint density at radius 3 is 2.65 bits per heavy atom. The van der Waals surface area contributed by atoms with Crippen molar-refractivity contribution in [1.29, 1.82) is 0 Å². The first-order valence-electron chi connectivity index (χ1n) is 6.18. The van der Waals surface area contributed by atoms with E-state index in [9.17, 15) is 0 Å². The zero-order valence-corrected chi connectivity index (χ0v) is 11.4. The summed E-state index contributed by atoms with van der Waals surface area (Å²) in [6.45, 7) is 5.91. The second-order valence-electron chi connectivity index (χ2n) is 4.52. The number of methoxy groups -OCH3 is 1. The summed E-state index contributed by atoms with van der Waals surface area (Å²) < 4.78 is 5.39. The molecule has 3 nitrogen and oxygen atoms in total. The molecule has 1 rings (SSSR count). The Morgan fingerprint density at radius 2 is 2.12 bits per heavy atom. The molecule has 0 fully saturated rings. The van der Waals surface area contributed by atoms with Crippen LogP contribution in [0.15, 0.2) is 18.2 Å². The third-order valence-electron chi connectivity index (χ3n) is 3.34. The summed E-state index contributed by atoms with van der Waals surface area (Å²) in [5, 5.41) is 0. The molecule has 96 valence electrons. The van der Waals surface area contributed by atoms with Crippen molar-refractivity contribution in [3.8, 4) is 5.75 Å². The Hall–Kier alpha value is -1.06. The van der Waals surface area contributed by atoms with Crippen molar-refractivity contribution < 1.29 is 4.74 Å². The van der Waals surface area contributed by atoms with Crippen LogP contribution in [0.2, 0.25) is 0 Å². The Labute approximate surface area is 105 Å². The van der Waals surface area contributed by atoms with Crippen LogP contribution in [0.5, 0.6) is 5.75 Å². The SMILES string of the molecule is CCC(C)N(C)Cc1cc(CN)ccc1OC. The number of rotatable bonds is 6. The van der Waals surface area contributed by atoms with Crippen molar-refractivity contribution in [1.82, 2.24) is 4.90 Å². The smallest absolute Gasteiger partial charge is 0.123 e. The number of hydrogen-bond acceptors (Lipinski definition) is 3. The fourth-order valence-electron chi connectivity index (χ4n) is 1.82. The van der Waals surface area contributed by atoms with Gasteiger partial charge in [-0.1, -0.05) is 13.0 Å². The van der Waals surface area contributed by atoms with Crippen molar-refractivity contribution >= 4 is 0 Å². The van der Waals surface area contributed by atoms with Gasteiger partial charge in [-0.3, -0.25) is 4.90 Å². The van der Waals surface area contributed by atoms with E-state index in [-0.39, 0.29) is 0 Å². The lowest BCUT2D eigenvalue weighted by atomic mass is 10.1. The fourth-order valence-corrected chi connectivity index (χ4v) is 1.82. The van der Waals surface area contributed by atoms with E-state index >= 15 is 0 Å². The van der Waals surface area contributed by atoms with Gasteiger partial charge in [-0.05, 0) is 38.1 Å². The second-order valence-corrected chi connectivity index (χ2v) is 4.52. The molecule has 0 saturated carbocycles. The Morgan fingerprint density at radius 1 is 1.41 bits per heavy atom. The summed E-state index contributed by atoms with van der Waals surface area (Å²) in [6.07, 6.45) is 1.15. The molecule has 0 aliphatic heterocycles. The molecule has 0 aliphatic carbocycles. The van der Waals surface area contributed by atoms with Crippen molar-refractivity contribution in [2.75, 3.05) is 14.2 Å². The van der Waals surface area contributed by atoms with Crippen LogP contribution in [0.25, 0.3) is 0 Å². The molecular formula is C14H24N2O. The van der Waals surface area contributed by atoms with Gasteiger partial charge in [0.15, 0.2) is 0 Å². The van der Waals surface area contributed by atoms with Crippen molar-refractivity contribution in [2.45, 2.75) is 39.4 Å². The lowest BCUT2D eigenvalue weighted by molar-refractivity contribution is 0.240. The van der Waals surface area contributed by atoms with Gasteiger partial charge in [0.05, 0.1) is 7.11 Å². The molecule has 3 heteroatoms. The molecule has 0 radical (unpaired) electrons. The zero-order valence-electron chi connectivity index (χ0n) is 11.4. The first-order valence-corrected chi connectivity index (χ1v) is 6.18. The van der Waals surface area contributed by atoms with Gasteiger partial charge in [0.1, 0.15) is 5.75 Å². The Bertz CT molecular complexity index is 352. The average molecular weight is 236 g/mol. The first-order chi connectivity index (χ1) is 8.12. The zero-order chi connectivity index (χ0) is 12.8. The molecule has 2 N–H and O–H groups in total. The lowest BCUT2D eigenvalue weighted by Crippen LogP contribution is -2.28. The molecule has 0 aliphatic rings. The van der Waals surface area contributed by atoms with E-state index in [2.05, 4.69) is 31.9 Å². The maximum atomic E-state index is 5.67. The van der Waals surface area contributed by atoms with E-state index in [0.717, 1.165) is 24.3 Å². The molecule has 0 aromatic heterocycles. The number of hydrogen-bond donors (Lipinski definition) is 1. The number of ether oxygens (including phenoxy) is 1. The maximum absolute atomic E-state index is 5.67. The summed E-state index contributed by atoms with van der Waals surface area (Å²) in [5.41, 5.74) is 8.03. The molecule has 0 heterocycles. The van der Waals surface area contributed by atoms with Gasteiger partial charge in [-0.15, -0.1) is 0 Å². The largest absolute Gasteiger partial charge is 0.496 e. The molecule has 17 heavy (non-hydrogen) atoms. The average Bonchev–Trinajstić information content (AvgIpc) is 2.37. The van der Waals surface area contributed by atoms with Crippen LogP contribution in [0, 0.1) is 0 Å². The highest BCUT2D eigenvalue weighted by Gasteiger charge is 2.11. The van der Waals surface area contributed by atoms with E-state index in [1.165, 1.54) is 5.56 Å². The molecule has 1 atom stereocenters. The molecule has 1 aromatic carbocycles. The summed E-state index contributed by atoms with van der Waals surface area (Å²) >= 11 is 0. The summed E-state index contributed by atoms with van der Waals surface area (Å²) in [6, 6.07) is 6.73. The molecular weight excluding hydrogens is 212 g/mol. The van der Waals surface area contributed by atoms with Gasteiger partial charge in [0, 0.05) is 24.7 Å². The third kappa shape index (κ3) is 3.72.